The van der Waals surface area contributed by atoms with Crippen LogP contribution in [0.1, 0.15) is 117 Å². The minimum atomic E-state index is -0.510. The van der Waals surface area contributed by atoms with E-state index < -0.39 is 28.5 Å². The summed E-state index contributed by atoms with van der Waals surface area (Å²) in [6.07, 6.45) is 4.73. The molecule has 1 N–H and O–H groups in total. The van der Waals surface area contributed by atoms with E-state index in [0.717, 1.165) is 37.7 Å². The second-order valence-electron chi connectivity index (χ2n) is 17.8. The number of carbonyl (C=O) groups is 4. The average Bonchev–Trinajstić information content (AvgIpc) is 3.92. The van der Waals surface area contributed by atoms with Gasteiger partial charge in [0.05, 0.1) is 28.3 Å². The first-order valence-corrected chi connectivity index (χ1v) is 19.6. The van der Waals surface area contributed by atoms with E-state index >= 15 is 0 Å². The molecule has 54 heavy (non-hydrogen) atoms. The number of ether oxygens (including phenoxy) is 5. The number of aromatic hydroxyl groups is 1. The molecule has 2 aromatic rings. The van der Waals surface area contributed by atoms with Crippen LogP contribution in [0.5, 0.6) is 5.75 Å². The Bertz CT molecular complexity index is 1700. The predicted octanol–water partition coefficient (Wildman–Crippen LogP) is 7.41. The van der Waals surface area contributed by atoms with Crippen molar-refractivity contribution in [1.82, 2.24) is 0 Å². The fourth-order valence-corrected chi connectivity index (χ4v) is 7.26. The zero-order valence-electron chi connectivity index (χ0n) is 33.8. The topological polar surface area (TPSA) is 135 Å². The van der Waals surface area contributed by atoms with E-state index in [2.05, 4.69) is 12.1 Å². The van der Waals surface area contributed by atoms with Gasteiger partial charge in [-0.1, -0.05) is 51.1 Å². The Kier molecular flexibility index (Phi) is 12.0. The lowest BCUT2D eigenvalue weighted by Crippen LogP contribution is -2.42. The molecule has 7 rings (SSSR count). The van der Waals surface area contributed by atoms with E-state index in [1.54, 1.807) is 12.1 Å². The lowest BCUT2D eigenvalue weighted by atomic mass is 9.87. The molecule has 3 heterocycles. The van der Waals surface area contributed by atoms with Gasteiger partial charge in [-0.2, -0.15) is 0 Å². The Morgan fingerprint density at radius 3 is 1.87 bits per heavy atom. The average molecular weight is 749 g/mol. The van der Waals surface area contributed by atoms with Gasteiger partial charge in [-0.3, -0.25) is 19.2 Å². The number of benzene rings is 2. The monoisotopic (exact) mass is 748 g/mol. The van der Waals surface area contributed by atoms with E-state index in [1.807, 2.05) is 87.4 Å². The van der Waals surface area contributed by atoms with E-state index in [9.17, 15) is 24.3 Å². The van der Waals surface area contributed by atoms with E-state index in [4.69, 9.17) is 23.7 Å². The molecule has 10 nitrogen and oxygen atoms in total. The van der Waals surface area contributed by atoms with Crippen LogP contribution in [0, 0.1) is 22.2 Å². The summed E-state index contributed by atoms with van der Waals surface area (Å²) in [5.74, 6) is -0.539. The van der Waals surface area contributed by atoms with Crippen molar-refractivity contribution >= 4 is 23.9 Å². The third-order valence-electron chi connectivity index (χ3n) is 12.3. The molecule has 3 saturated heterocycles. The van der Waals surface area contributed by atoms with Crippen LogP contribution >= 0.6 is 0 Å². The third-order valence-corrected chi connectivity index (χ3v) is 12.3. The zero-order chi connectivity index (χ0) is 39.8. The molecule has 2 aliphatic carbocycles. The molecule has 3 aliphatic heterocycles. The minimum absolute atomic E-state index is 0.0830. The summed E-state index contributed by atoms with van der Waals surface area (Å²) < 4.78 is 27.8. The standard InChI is InChI=1S/C16H22O2.C15H20O3.C13H18O5/c1-5-15(2,3)14(17)18-16(4)10-12-8-6-7-9-13(12)11-16;1-4-15(2,3)14(17)18-13-8-10-5-6-12(16)7-11(10)9-13;1-4-13(2,3)12(15)18-9-7-5-6-8(16-7)10(9)17-11(6)14/h6-9H,5,10-11H2,1-4H3;5-7,13,16H,4,8-9H2,1-3H3;6-10H,4-5H2,1-3H3. The van der Waals surface area contributed by atoms with Gasteiger partial charge in [-0.05, 0) is 109 Å². The van der Waals surface area contributed by atoms with Gasteiger partial charge in [0.1, 0.15) is 23.6 Å². The lowest BCUT2D eigenvalue weighted by molar-refractivity contribution is -0.169. The fraction of sp³-hybridized carbons (Fsp3) is 0.636. The summed E-state index contributed by atoms with van der Waals surface area (Å²) in [5, 5.41) is 9.42. The molecule has 6 unspecified atom stereocenters. The maximum absolute atomic E-state index is 12.2. The molecule has 0 aromatic heterocycles. The molecule has 5 aliphatic rings. The number of hydrogen-bond acceptors (Lipinski definition) is 10. The molecule has 10 heteroatoms. The highest BCUT2D eigenvalue weighted by Crippen LogP contribution is 2.48. The van der Waals surface area contributed by atoms with Crippen LogP contribution in [0.2, 0.25) is 0 Å². The highest BCUT2D eigenvalue weighted by atomic mass is 16.7. The van der Waals surface area contributed by atoms with Crippen LogP contribution < -0.4 is 0 Å². The van der Waals surface area contributed by atoms with Crippen molar-refractivity contribution < 1.29 is 48.0 Å². The fourth-order valence-electron chi connectivity index (χ4n) is 7.26. The molecule has 3 fully saturated rings. The van der Waals surface area contributed by atoms with Gasteiger partial charge in [0.25, 0.3) is 0 Å². The predicted molar refractivity (Wildman–Crippen MR) is 202 cm³/mol. The van der Waals surface area contributed by atoms with Gasteiger partial charge >= 0.3 is 23.9 Å². The minimum Gasteiger partial charge on any atom is -0.508 e. The highest BCUT2D eigenvalue weighted by Gasteiger charge is 2.65. The Morgan fingerprint density at radius 2 is 1.30 bits per heavy atom. The first-order chi connectivity index (χ1) is 25.2. The van der Waals surface area contributed by atoms with E-state index in [0.29, 0.717) is 19.3 Å². The van der Waals surface area contributed by atoms with Crippen molar-refractivity contribution in [3.63, 3.8) is 0 Å². The van der Waals surface area contributed by atoms with Gasteiger partial charge in [0.2, 0.25) is 0 Å². The molecule has 6 atom stereocenters. The summed E-state index contributed by atoms with van der Waals surface area (Å²) in [6, 6.07) is 13.7. The molecule has 0 saturated carbocycles. The third kappa shape index (κ3) is 8.79. The van der Waals surface area contributed by atoms with Gasteiger partial charge in [-0.15, -0.1) is 0 Å². The first kappa shape index (κ1) is 41.2. The summed E-state index contributed by atoms with van der Waals surface area (Å²) in [6.45, 7) is 19.4. The molecule has 0 amide bonds. The van der Waals surface area contributed by atoms with Crippen LogP contribution in [0.15, 0.2) is 42.5 Å². The normalized spacial score (nSPS) is 25.6. The Hall–Kier alpha value is -3.92. The zero-order valence-corrected chi connectivity index (χ0v) is 33.8. The number of carbonyl (C=O) groups excluding carboxylic acids is 4. The maximum Gasteiger partial charge on any atom is 0.312 e. The quantitative estimate of drug-likeness (QED) is 0.204. The second-order valence-corrected chi connectivity index (χ2v) is 17.8. The van der Waals surface area contributed by atoms with Crippen LogP contribution in [0.25, 0.3) is 0 Å². The van der Waals surface area contributed by atoms with Crippen molar-refractivity contribution in [3.05, 3.63) is 64.7 Å². The number of esters is 4. The van der Waals surface area contributed by atoms with Crippen LogP contribution in [-0.4, -0.2) is 65.1 Å². The Morgan fingerprint density at radius 1 is 0.759 bits per heavy atom. The first-order valence-electron chi connectivity index (χ1n) is 19.6. The van der Waals surface area contributed by atoms with Gasteiger partial charge in [-0.25, -0.2) is 0 Å². The Balaban J connectivity index is 0.000000156. The summed E-state index contributed by atoms with van der Waals surface area (Å²) in [7, 11) is 0. The van der Waals surface area contributed by atoms with E-state index in [-0.39, 0.29) is 59.5 Å². The molecule has 0 radical (unpaired) electrons. The summed E-state index contributed by atoms with van der Waals surface area (Å²) in [5.41, 5.74) is 3.18. The lowest BCUT2D eigenvalue weighted by Gasteiger charge is -2.30. The maximum atomic E-state index is 12.2. The number of rotatable bonds is 9. The molecule has 0 spiro atoms. The van der Waals surface area contributed by atoms with Crippen LogP contribution in [-0.2, 0) is 68.5 Å². The van der Waals surface area contributed by atoms with Crippen molar-refractivity contribution in [1.29, 1.82) is 0 Å². The van der Waals surface area contributed by atoms with Crippen LogP contribution in [0.4, 0.5) is 0 Å². The van der Waals surface area contributed by atoms with Gasteiger partial charge in [0, 0.05) is 25.7 Å². The number of phenolic OH excluding ortho intramolecular Hbond substituents is 1. The van der Waals surface area contributed by atoms with Crippen molar-refractivity contribution in [2.45, 2.75) is 157 Å². The summed E-state index contributed by atoms with van der Waals surface area (Å²) >= 11 is 0. The number of hydrogen-bond donors (Lipinski definition) is 1. The SMILES string of the molecule is CCC(C)(C)C(=O)OC1(C)Cc2ccccc2C1.CCC(C)(C)C(=O)OC1C2CC3C(=O)OC1C3O2.CCC(C)(C)C(=O)OC1Cc2ccc(O)cc2C1. The molecular weight excluding hydrogens is 688 g/mol. The van der Waals surface area contributed by atoms with E-state index in [1.165, 1.54) is 16.7 Å². The number of phenols is 1. The smallest absolute Gasteiger partial charge is 0.312 e. The van der Waals surface area contributed by atoms with Crippen molar-refractivity contribution in [2.24, 2.45) is 22.2 Å². The Labute approximate surface area is 320 Å². The van der Waals surface area contributed by atoms with Crippen molar-refractivity contribution in [2.75, 3.05) is 0 Å². The molecule has 296 valence electrons. The van der Waals surface area contributed by atoms with Crippen molar-refractivity contribution in [3.8, 4) is 5.75 Å². The molecule has 2 bridgehead atoms. The number of fused-ring (bicyclic) bond motifs is 3. The molecule has 2 aromatic carbocycles. The molecular formula is C44H60O10. The highest BCUT2D eigenvalue weighted by molar-refractivity contribution is 5.79. The summed E-state index contributed by atoms with van der Waals surface area (Å²) in [4.78, 5) is 47.8. The van der Waals surface area contributed by atoms with Gasteiger partial charge < -0.3 is 28.8 Å². The largest absolute Gasteiger partial charge is 0.508 e. The van der Waals surface area contributed by atoms with Gasteiger partial charge in [0.15, 0.2) is 12.2 Å². The second kappa shape index (κ2) is 15.7. The van der Waals surface area contributed by atoms with Crippen LogP contribution in [0.3, 0.4) is 0 Å².